The maximum Gasteiger partial charge on any atom is 0.329 e. The Labute approximate surface area is 127 Å². The second-order valence-electron chi connectivity index (χ2n) is 5.74. The summed E-state index contributed by atoms with van der Waals surface area (Å²) in [4.78, 5) is 23.2. The second-order valence-corrected chi connectivity index (χ2v) is 5.74. The van der Waals surface area contributed by atoms with Crippen LogP contribution in [0.3, 0.4) is 0 Å². The van der Waals surface area contributed by atoms with Crippen molar-refractivity contribution in [1.82, 2.24) is 5.32 Å². The third kappa shape index (κ3) is 3.81. The predicted molar refractivity (Wildman–Crippen MR) is 76.3 cm³/mol. The number of halogens is 2. The zero-order chi connectivity index (χ0) is 16.2. The molecule has 0 unspecified atom stereocenters. The summed E-state index contributed by atoms with van der Waals surface area (Å²) in [6, 6.07) is 3.65. The van der Waals surface area contributed by atoms with Crippen LogP contribution in [-0.2, 0) is 16.0 Å². The van der Waals surface area contributed by atoms with Gasteiger partial charge in [0.25, 0.3) is 0 Å². The van der Waals surface area contributed by atoms with Gasteiger partial charge in [-0.25, -0.2) is 13.6 Å². The van der Waals surface area contributed by atoms with E-state index in [0.717, 1.165) is 25.0 Å². The normalized spacial score (nSPS) is 16.5. The third-order valence-corrected chi connectivity index (χ3v) is 4.10. The highest BCUT2D eigenvalue weighted by Crippen LogP contribution is 2.30. The van der Waals surface area contributed by atoms with Crippen molar-refractivity contribution in [2.24, 2.45) is 0 Å². The van der Waals surface area contributed by atoms with Gasteiger partial charge in [0.15, 0.2) is 11.6 Å². The number of carbonyl (C=O) groups is 2. The molecule has 2 rings (SSSR count). The van der Waals surface area contributed by atoms with E-state index >= 15 is 0 Å². The summed E-state index contributed by atoms with van der Waals surface area (Å²) in [6.07, 6.45) is 3.54. The van der Waals surface area contributed by atoms with Crippen molar-refractivity contribution in [2.75, 3.05) is 0 Å². The van der Waals surface area contributed by atoms with Crippen LogP contribution in [0.25, 0.3) is 0 Å². The molecule has 0 atom stereocenters. The minimum atomic E-state index is -1.13. The molecule has 4 nitrogen and oxygen atoms in total. The maximum absolute atomic E-state index is 13.1. The van der Waals surface area contributed by atoms with E-state index in [-0.39, 0.29) is 12.3 Å². The molecule has 1 aromatic carbocycles. The van der Waals surface area contributed by atoms with Gasteiger partial charge >= 0.3 is 5.97 Å². The molecule has 0 radical (unpaired) electrons. The van der Waals surface area contributed by atoms with E-state index in [1.165, 1.54) is 6.07 Å². The molecule has 1 saturated carbocycles. The van der Waals surface area contributed by atoms with Crippen LogP contribution in [0.2, 0.25) is 0 Å². The van der Waals surface area contributed by atoms with E-state index in [0.29, 0.717) is 31.2 Å². The number of hydrogen-bond donors (Lipinski definition) is 2. The summed E-state index contributed by atoms with van der Waals surface area (Å²) < 4.78 is 25.9. The van der Waals surface area contributed by atoms with Crippen molar-refractivity contribution in [3.05, 3.63) is 35.4 Å². The number of amides is 1. The molecule has 0 aromatic heterocycles. The lowest BCUT2D eigenvalue weighted by molar-refractivity contribution is -0.147. The zero-order valence-electron chi connectivity index (χ0n) is 12.2. The molecule has 6 heteroatoms. The highest BCUT2D eigenvalue weighted by Gasteiger charge is 2.42. The molecule has 0 bridgehead atoms. The molecule has 1 aromatic rings. The number of rotatable bonds is 6. The molecule has 0 heterocycles. The van der Waals surface area contributed by atoms with Crippen molar-refractivity contribution >= 4 is 11.9 Å². The first kappa shape index (κ1) is 16.4. The van der Waals surface area contributed by atoms with E-state index in [1.54, 1.807) is 0 Å². The van der Waals surface area contributed by atoms with E-state index in [1.807, 2.05) is 0 Å². The fourth-order valence-corrected chi connectivity index (χ4v) is 2.85. The number of aliphatic carboxylic acids is 1. The lowest BCUT2D eigenvalue weighted by Crippen LogP contribution is -2.52. The second kappa shape index (κ2) is 6.85. The highest BCUT2D eigenvalue weighted by molar-refractivity contribution is 5.87. The van der Waals surface area contributed by atoms with Gasteiger partial charge in [0.1, 0.15) is 5.54 Å². The first-order valence-electron chi connectivity index (χ1n) is 7.41. The number of carbonyl (C=O) groups excluding carboxylic acids is 1. The average Bonchev–Trinajstić information content (AvgIpc) is 2.92. The Kier molecular flexibility index (Phi) is 5.11. The average molecular weight is 311 g/mol. The Balaban J connectivity index is 1.82. The van der Waals surface area contributed by atoms with E-state index < -0.39 is 23.1 Å². The number of hydrogen-bond acceptors (Lipinski definition) is 2. The number of carboxylic acid groups (broad SMARTS) is 1. The van der Waals surface area contributed by atoms with E-state index in [9.17, 15) is 23.5 Å². The minimum absolute atomic E-state index is 0.161. The number of benzene rings is 1. The number of aryl methyl sites for hydroxylation is 1. The predicted octanol–water partition coefficient (Wildman–Crippen LogP) is 2.80. The van der Waals surface area contributed by atoms with Crippen molar-refractivity contribution in [1.29, 1.82) is 0 Å². The highest BCUT2D eigenvalue weighted by atomic mass is 19.2. The summed E-state index contributed by atoms with van der Waals surface area (Å²) in [6.45, 7) is 0. The number of nitrogens with one attached hydrogen (secondary N) is 1. The standard InChI is InChI=1S/C16H19F2NO3/c17-12-7-6-11(10-13(12)18)4-3-5-14(20)19-16(15(21)22)8-1-2-9-16/h6-7,10H,1-5,8-9H2,(H,19,20)(H,21,22). The fourth-order valence-electron chi connectivity index (χ4n) is 2.85. The monoisotopic (exact) mass is 311 g/mol. The van der Waals surface area contributed by atoms with Gasteiger partial charge < -0.3 is 10.4 Å². The Morgan fingerprint density at radius 3 is 2.45 bits per heavy atom. The Bertz CT molecular complexity index is 569. The molecule has 0 spiro atoms. The van der Waals surface area contributed by atoms with Crippen LogP contribution < -0.4 is 5.32 Å². The van der Waals surface area contributed by atoms with Crippen LogP contribution in [0.4, 0.5) is 8.78 Å². The van der Waals surface area contributed by atoms with Gasteiger partial charge in [0.2, 0.25) is 5.91 Å². The van der Waals surface area contributed by atoms with Gasteiger partial charge in [0.05, 0.1) is 0 Å². The lowest BCUT2D eigenvalue weighted by Gasteiger charge is -2.25. The molecular weight excluding hydrogens is 292 g/mol. The molecule has 1 aliphatic carbocycles. The van der Waals surface area contributed by atoms with Crippen molar-refractivity contribution in [3.8, 4) is 0 Å². The van der Waals surface area contributed by atoms with Crippen LogP contribution in [0.15, 0.2) is 18.2 Å². The third-order valence-electron chi connectivity index (χ3n) is 4.10. The molecule has 2 N–H and O–H groups in total. The van der Waals surface area contributed by atoms with Crippen LogP contribution in [0, 0.1) is 11.6 Å². The molecule has 120 valence electrons. The fraction of sp³-hybridized carbons (Fsp3) is 0.500. The zero-order valence-corrected chi connectivity index (χ0v) is 12.2. The van der Waals surface area contributed by atoms with Crippen molar-refractivity contribution < 1.29 is 23.5 Å². The van der Waals surface area contributed by atoms with Gasteiger partial charge in [0, 0.05) is 6.42 Å². The molecule has 0 saturated heterocycles. The molecular formula is C16H19F2NO3. The summed E-state index contributed by atoms with van der Waals surface area (Å²) in [5.41, 5.74) is -0.514. The SMILES string of the molecule is O=C(CCCc1ccc(F)c(F)c1)NC1(C(=O)O)CCCC1. The Hall–Kier alpha value is -1.98. The Morgan fingerprint density at radius 2 is 1.86 bits per heavy atom. The van der Waals surface area contributed by atoms with Gasteiger partial charge in [-0.15, -0.1) is 0 Å². The Morgan fingerprint density at radius 1 is 1.18 bits per heavy atom. The lowest BCUT2D eigenvalue weighted by atomic mass is 9.97. The van der Waals surface area contributed by atoms with E-state index in [4.69, 9.17) is 0 Å². The maximum atomic E-state index is 13.1. The van der Waals surface area contributed by atoms with Crippen LogP contribution >= 0.6 is 0 Å². The van der Waals surface area contributed by atoms with Crippen LogP contribution in [0.5, 0.6) is 0 Å². The minimum Gasteiger partial charge on any atom is -0.480 e. The molecule has 22 heavy (non-hydrogen) atoms. The van der Waals surface area contributed by atoms with Gasteiger partial charge in [-0.3, -0.25) is 4.79 Å². The molecule has 1 amide bonds. The largest absolute Gasteiger partial charge is 0.480 e. The smallest absolute Gasteiger partial charge is 0.329 e. The van der Waals surface area contributed by atoms with Gasteiger partial charge in [-0.2, -0.15) is 0 Å². The summed E-state index contributed by atoms with van der Waals surface area (Å²) in [5.74, 6) is -3.10. The topological polar surface area (TPSA) is 66.4 Å². The first-order valence-corrected chi connectivity index (χ1v) is 7.41. The first-order chi connectivity index (χ1) is 10.4. The quantitative estimate of drug-likeness (QED) is 0.849. The van der Waals surface area contributed by atoms with Crippen LogP contribution in [0.1, 0.15) is 44.1 Å². The van der Waals surface area contributed by atoms with Crippen LogP contribution in [-0.4, -0.2) is 22.5 Å². The molecule has 1 aliphatic rings. The van der Waals surface area contributed by atoms with Crippen molar-refractivity contribution in [2.45, 2.75) is 50.5 Å². The van der Waals surface area contributed by atoms with E-state index in [2.05, 4.69) is 5.32 Å². The summed E-state index contributed by atoms with van der Waals surface area (Å²) in [7, 11) is 0. The van der Waals surface area contributed by atoms with Gasteiger partial charge in [-0.1, -0.05) is 18.9 Å². The van der Waals surface area contributed by atoms with Crippen molar-refractivity contribution in [3.63, 3.8) is 0 Å². The molecule has 0 aliphatic heterocycles. The molecule has 1 fully saturated rings. The van der Waals surface area contributed by atoms with Gasteiger partial charge in [-0.05, 0) is 43.4 Å². The number of carboxylic acids is 1. The summed E-state index contributed by atoms with van der Waals surface area (Å²) in [5, 5.41) is 11.9. The summed E-state index contributed by atoms with van der Waals surface area (Å²) >= 11 is 0.